The zero-order chi connectivity index (χ0) is 16.2. The SMILES string of the molecule is O=C(NCc1ccc(Br)cc1)Nc1cccc2c(Cl)nccc12. The number of carbonyl (C=O) groups excluding carboxylic acids is 1. The summed E-state index contributed by atoms with van der Waals surface area (Å²) in [6.07, 6.45) is 1.62. The summed E-state index contributed by atoms with van der Waals surface area (Å²) < 4.78 is 1.01. The number of hydrogen-bond acceptors (Lipinski definition) is 2. The number of hydrogen-bond donors (Lipinski definition) is 2. The number of anilines is 1. The fraction of sp³-hybridized carbons (Fsp3) is 0.0588. The van der Waals surface area contributed by atoms with Crippen molar-refractivity contribution in [2.45, 2.75) is 6.54 Å². The molecule has 0 saturated heterocycles. The van der Waals surface area contributed by atoms with E-state index < -0.39 is 0 Å². The zero-order valence-corrected chi connectivity index (χ0v) is 14.4. The topological polar surface area (TPSA) is 54.0 Å². The summed E-state index contributed by atoms with van der Waals surface area (Å²) in [5.74, 6) is 0. The lowest BCUT2D eigenvalue weighted by molar-refractivity contribution is 0.252. The van der Waals surface area contributed by atoms with Gasteiger partial charge in [0.05, 0.1) is 5.69 Å². The molecular formula is C17H13BrClN3O. The third-order valence-electron chi connectivity index (χ3n) is 3.37. The summed E-state index contributed by atoms with van der Waals surface area (Å²) in [6.45, 7) is 0.451. The Morgan fingerprint density at radius 1 is 1.09 bits per heavy atom. The zero-order valence-electron chi connectivity index (χ0n) is 12.0. The molecule has 0 fully saturated rings. The molecule has 1 heterocycles. The molecule has 0 atom stereocenters. The average molecular weight is 391 g/mol. The highest BCUT2D eigenvalue weighted by molar-refractivity contribution is 9.10. The van der Waals surface area contributed by atoms with Crippen molar-refractivity contribution >= 4 is 50.0 Å². The Labute approximate surface area is 147 Å². The molecule has 0 aliphatic carbocycles. The Morgan fingerprint density at radius 3 is 2.65 bits per heavy atom. The van der Waals surface area contributed by atoms with Crippen LogP contribution in [0, 0.1) is 0 Å². The first kappa shape index (κ1) is 15.8. The van der Waals surface area contributed by atoms with E-state index in [0.717, 1.165) is 20.8 Å². The minimum Gasteiger partial charge on any atom is -0.334 e. The van der Waals surface area contributed by atoms with E-state index in [1.54, 1.807) is 6.20 Å². The Kier molecular flexibility index (Phi) is 4.79. The summed E-state index contributed by atoms with van der Waals surface area (Å²) in [5, 5.41) is 7.76. The van der Waals surface area contributed by atoms with Crippen molar-refractivity contribution < 1.29 is 4.79 Å². The van der Waals surface area contributed by atoms with Crippen LogP contribution in [-0.4, -0.2) is 11.0 Å². The van der Waals surface area contributed by atoms with Crippen LogP contribution in [-0.2, 0) is 6.54 Å². The number of halogens is 2. The molecule has 0 bridgehead atoms. The van der Waals surface area contributed by atoms with Gasteiger partial charge in [-0.05, 0) is 29.8 Å². The van der Waals surface area contributed by atoms with Crippen LogP contribution < -0.4 is 10.6 Å². The van der Waals surface area contributed by atoms with Crippen LogP contribution in [0.15, 0.2) is 59.2 Å². The number of fused-ring (bicyclic) bond motifs is 1. The molecule has 23 heavy (non-hydrogen) atoms. The van der Waals surface area contributed by atoms with E-state index in [-0.39, 0.29) is 6.03 Å². The van der Waals surface area contributed by atoms with Gasteiger partial charge in [-0.2, -0.15) is 0 Å². The standard InChI is InChI=1S/C17H13BrClN3O/c18-12-6-4-11(5-7-12)10-21-17(23)22-15-3-1-2-14-13(15)8-9-20-16(14)19/h1-9H,10H2,(H2,21,22,23). The molecule has 0 radical (unpaired) electrons. The normalized spacial score (nSPS) is 10.5. The van der Waals surface area contributed by atoms with E-state index in [4.69, 9.17) is 11.6 Å². The number of carbonyl (C=O) groups is 1. The van der Waals surface area contributed by atoms with Crippen LogP contribution >= 0.6 is 27.5 Å². The Hall–Kier alpha value is -2.11. The highest BCUT2D eigenvalue weighted by Crippen LogP contribution is 2.27. The summed E-state index contributed by atoms with van der Waals surface area (Å²) in [7, 11) is 0. The smallest absolute Gasteiger partial charge is 0.319 e. The Balaban J connectivity index is 1.71. The molecular weight excluding hydrogens is 378 g/mol. The van der Waals surface area contributed by atoms with Gasteiger partial charge in [-0.3, -0.25) is 0 Å². The van der Waals surface area contributed by atoms with Crippen molar-refractivity contribution in [3.63, 3.8) is 0 Å². The van der Waals surface area contributed by atoms with Crippen molar-refractivity contribution in [2.24, 2.45) is 0 Å². The van der Waals surface area contributed by atoms with E-state index in [2.05, 4.69) is 31.5 Å². The number of aromatic nitrogens is 1. The molecule has 2 N–H and O–H groups in total. The molecule has 4 nitrogen and oxygen atoms in total. The van der Waals surface area contributed by atoms with Crippen LogP contribution in [0.25, 0.3) is 10.8 Å². The predicted molar refractivity (Wildman–Crippen MR) is 96.8 cm³/mol. The van der Waals surface area contributed by atoms with E-state index in [1.165, 1.54) is 0 Å². The third kappa shape index (κ3) is 3.81. The van der Waals surface area contributed by atoms with E-state index in [9.17, 15) is 4.79 Å². The van der Waals surface area contributed by atoms with Gasteiger partial charge in [0.2, 0.25) is 0 Å². The number of benzene rings is 2. The fourth-order valence-corrected chi connectivity index (χ4v) is 2.72. The minimum atomic E-state index is -0.270. The fourth-order valence-electron chi connectivity index (χ4n) is 2.23. The van der Waals surface area contributed by atoms with Gasteiger partial charge >= 0.3 is 6.03 Å². The monoisotopic (exact) mass is 389 g/mol. The van der Waals surface area contributed by atoms with Crippen LogP contribution in [0.4, 0.5) is 10.5 Å². The Morgan fingerprint density at radius 2 is 1.87 bits per heavy atom. The first-order chi connectivity index (χ1) is 11.1. The van der Waals surface area contributed by atoms with Crippen LogP contribution in [0.2, 0.25) is 5.15 Å². The van der Waals surface area contributed by atoms with Crippen molar-refractivity contribution in [1.29, 1.82) is 0 Å². The maximum atomic E-state index is 12.1. The average Bonchev–Trinajstić information content (AvgIpc) is 2.55. The van der Waals surface area contributed by atoms with Crippen molar-refractivity contribution in [2.75, 3.05) is 5.32 Å². The molecule has 0 unspecified atom stereocenters. The lowest BCUT2D eigenvalue weighted by Gasteiger charge is -2.10. The van der Waals surface area contributed by atoms with Gasteiger partial charge < -0.3 is 10.6 Å². The number of amides is 2. The highest BCUT2D eigenvalue weighted by Gasteiger charge is 2.07. The molecule has 6 heteroatoms. The van der Waals surface area contributed by atoms with Gasteiger partial charge in [-0.15, -0.1) is 0 Å². The van der Waals surface area contributed by atoms with Gasteiger partial charge in [0, 0.05) is 28.0 Å². The van der Waals surface area contributed by atoms with E-state index in [0.29, 0.717) is 17.4 Å². The van der Waals surface area contributed by atoms with Crippen LogP contribution in [0.3, 0.4) is 0 Å². The minimum absolute atomic E-state index is 0.270. The lowest BCUT2D eigenvalue weighted by Crippen LogP contribution is -2.28. The second-order valence-corrected chi connectivity index (χ2v) is 6.21. The summed E-state index contributed by atoms with van der Waals surface area (Å²) in [4.78, 5) is 16.1. The van der Waals surface area contributed by atoms with Crippen LogP contribution in [0.1, 0.15) is 5.56 Å². The first-order valence-electron chi connectivity index (χ1n) is 6.96. The summed E-state index contributed by atoms with van der Waals surface area (Å²) in [5.41, 5.74) is 1.72. The van der Waals surface area contributed by atoms with E-state index >= 15 is 0 Å². The maximum Gasteiger partial charge on any atom is 0.319 e. The Bertz CT molecular complexity index is 852. The molecule has 2 aromatic carbocycles. The number of nitrogens with one attached hydrogen (secondary N) is 2. The molecule has 3 rings (SSSR count). The highest BCUT2D eigenvalue weighted by atomic mass is 79.9. The number of rotatable bonds is 3. The first-order valence-corrected chi connectivity index (χ1v) is 8.13. The van der Waals surface area contributed by atoms with Gasteiger partial charge in [0.15, 0.2) is 0 Å². The molecule has 0 saturated carbocycles. The molecule has 1 aromatic heterocycles. The molecule has 116 valence electrons. The van der Waals surface area contributed by atoms with Gasteiger partial charge in [0.1, 0.15) is 5.15 Å². The van der Waals surface area contributed by atoms with Gasteiger partial charge in [0.25, 0.3) is 0 Å². The van der Waals surface area contributed by atoms with Crippen LogP contribution in [0.5, 0.6) is 0 Å². The second kappa shape index (κ2) is 6.98. The van der Waals surface area contributed by atoms with Gasteiger partial charge in [-0.25, -0.2) is 9.78 Å². The van der Waals surface area contributed by atoms with Crippen molar-refractivity contribution in [3.05, 3.63) is 69.9 Å². The largest absolute Gasteiger partial charge is 0.334 e. The molecule has 0 aliphatic heterocycles. The number of pyridine rings is 1. The molecule has 3 aromatic rings. The summed E-state index contributed by atoms with van der Waals surface area (Å²) >= 11 is 9.46. The third-order valence-corrected chi connectivity index (χ3v) is 4.20. The number of urea groups is 1. The van der Waals surface area contributed by atoms with Gasteiger partial charge in [-0.1, -0.05) is 51.8 Å². The van der Waals surface area contributed by atoms with Crippen molar-refractivity contribution in [1.82, 2.24) is 10.3 Å². The number of nitrogens with zero attached hydrogens (tertiary/aromatic N) is 1. The maximum absolute atomic E-state index is 12.1. The predicted octanol–water partition coefficient (Wildman–Crippen LogP) is 4.97. The molecule has 2 amide bonds. The molecule has 0 spiro atoms. The quantitative estimate of drug-likeness (QED) is 0.620. The second-order valence-electron chi connectivity index (χ2n) is 4.94. The molecule has 0 aliphatic rings. The summed E-state index contributed by atoms with van der Waals surface area (Å²) in [6, 6.07) is 14.9. The van der Waals surface area contributed by atoms with E-state index in [1.807, 2.05) is 48.5 Å². The van der Waals surface area contributed by atoms with Crippen molar-refractivity contribution in [3.8, 4) is 0 Å². The lowest BCUT2D eigenvalue weighted by atomic mass is 10.1.